The highest BCUT2D eigenvalue weighted by atomic mass is 32.2. The van der Waals surface area contributed by atoms with Crippen LogP contribution in [0.4, 0.5) is 17.6 Å². The van der Waals surface area contributed by atoms with Gasteiger partial charge in [-0.25, -0.2) is 12.8 Å². The Bertz CT molecular complexity index is 842. The first-order valence-electron chi connectivity index (χ1n) is 9.26. The fraction of sp³-hybridized carbons (Fsp3) is 0.556. The normalized spacial score (nSPS) is 16.6. The molecular weight excluding hydrogens is 448 g/mol. The zero-order chi connectivity index (χ0) is 23.9. The van der Waals surface area contributed by atoms with Crippen LogP contribution in [0.25, 0.3) is 0 Å². The minimum atomic E-state index is -5.19. The largest absolute Gasteiger partial charge is 0.542 e. The summed E-state index contributed by atoms with van der Waals surface area (Å²) in [6.07, 6.45) is -5.87. The van der Waals surface area contributed by atoms with E-state index in [4.69, 9.17) is 9.90 Å². The van der Waals surface area contributed by atoms with Gasteiger partial charge in [0.25, 0.3) is 0 Å². The lowest BCUT2D eigenvalue weighted by molar-refractivity contribution is -0.731. The van der Waals surface area contributed by atoms with Crippen molar-refractivity contribution >= 4 is 22.0 Å². The number of hydrogen-bond donors (Lipinski definition) is 2. The second kappa shape index (κ2) is 10.9. The van der Waals surface area contributed by atoms with Gasteiger partial charge in [0.15, 0.2) is 0 Å². The number of benzene rings is 1. The molecule has 2 rings (SSSR count). The molecule has 0 radical (unpaired) electrons. The van der Waals surface area contributed by atoms with Crippen LogP contribution in [0, 0.1) is 0 Å². The summed E-state index contributed by atoms with van der Waals surface area (Å²) in [5.41, 5.74) is -0.944. The molecule has 0 aromatic heterocycles. The van der Waals surface area contributed by atoms with Crippen LogP contribution in [0.2, 0.25) is 0 Å². The van der Waals surface area contributed by atoms with E-state index < -0.39 is 39.8 Å². The summed E-state index contributed by atoms with van der Waals surface area (Å²) in [4.78, 5) is 20.2. The number of halogens is 4. The number of alkyl halides is 4. The third-order valence-electron chi connectivity index (χ3n) is 4.58. The zero-order valence-corrected chi connectivity index (χ0v) is 17.5. The molecule has 3 N–H and O–H groups in total. The monoisotopic (exact) mass is 472 g/mol. The van der Waals surface area contributed by atoms with Gasteiger partial charge in [0.1, 0.15) is 24.6 Å². The Labute approximate surface area is 176 Å². The first-order chi connectivity index (χ1) is 14.2. The third-order valence-corrected chi connectivity index (χ3v) is 6.60. The summed E-state index contributed by atoms with van der Waals surface area (Å²) in [5, 5.41) is 19.9. The van der Waals surface area contributed by atoms with E-state index in [1.165, 1.54) is 23.4 Å². The van der Waals surface area contributed by atoms with Crippen molar-refractivity contribution in [2.75, 3.05) is 19.6 Å². The molecule has 1 aliphatic heterocycles. The molecule has 1 saturated heterocycles. The minimum Gasteiger partial charge on any atom is -0.542 e. The lowest BCUT2D eigenvalue weighted by atomic mass is 9.88. The Balaban J connectivity index is 0.000000592. The molecule has 1 fully saturated rings. The van der Waals surface area contributed by atoms with Crippen LogP contribution in [0.5, 0.6) is 0 Å². The van der Waals surface area contributed by atoms with E-state index in [0.29, 0.717) is 19.5 Å². The maximum absolute atomic E-state index is 13.1. The van der Waals surface area contributed by atoms with Crippen molar-refractivity contribution in [3.8, 4) is 0 Å². The van der Waals surface area contributed by atoms with Gasteiger partial charge in [0, 0.05) is 6.54 Å². The predicted octanol–water partition coefficient (Wildman–Crippen LogP) is -0.0954. The summed E-state index contributed by atoms with van der Waals surface area (Å²) in [7, 11) is -3.84. The van der Waals surface area contributed by atoms with Crippen LogP contribution in [-0.2, 0) is 19.6 Å². The Hall–Kier alpha value is -2.25. The summed E-state index contributed by atoms with van der Waals surface area (Å²) < 4.78 is 72.0. The number of quaternary nitrogens is 1. The topological polar surface area (TPSA) is 131 Å². The average molecular weight is 472 g/mol. The van der Waals surface area contributed by atoms with Crippen molar-refractivity contribution < 1.29 is 51.1 Å². The molecule has 31 heavy (non-hydrogen) atoms. The quantitative estimate of drug-likeness (QED) is 0.483. The van der Waals surface area contributed by atoms with E-state index in [0.717, 1.165) is 0 Å². The molecule has 1 aromatic rings. The maximum atomic E-state index is 13.1. The number of hydrogen-bond acceptors (Lipinski definition) is 5. The van der Waals surface area contributed by atoms with Gasteiger partial charge in [-0.2, -0.15) is 17.5 Å². The van der Waals surface area contributed by atoms with Crippen LogP contribution < -0.4 is 10.4 Å². The zero-order valence-electron chi connectivity index (χ0n) is 16.6. The fourth-order valence-corrected chi connectivity index (χ4v) is 4.89. The molecular formula is C18H24F4N2O6S. The van der Waals surface area contributed by atoms with Gasteiger partial charge < -0.3 is 20.3 Å². The summed E-state index contributed by atoms with van der Waals surface area (Å²) in [6.45, 7) is 2.35. The number of sulfonamides is 1. The third kappa shape index (κ3) is 7.74. The van der Waals surface area contributed by atoms with Crippen molar-refractivity contribution in [3.63, 3.8) is 0 Å². The molecule has 0 spiro atoms. The number of rotatable bonds is 9. The molecule has 1 atom stereocenters. The molecule has 1 aromatic carbocycles. The number of carbonyl (C=O) groups is 2. The first-order valence-corrected chi connectivity index (χ1v) is 10.7. The van der Waals surface area contributed by atoms with E-state index in [9.17, 15) is 35.9 Å². The van der Waals surface area contributed by atoms with Crippen molar-refractivity contribution in [2.24, 2.45) is 0 Å². The first kappa shape index (κ1) is 26.8. The van der Waals surface area contributed by atoms with Gasteiger partial charge in [-0.3, -0.25) is 4.79 Å². The molecule has 0 amide bonds. The molecule has 0 bridgehead atoms. The molecule has 1 unspecified atom stereocenters. The summed E-state index contributed by atoms with van der Waals surface area (Å²) in [6, 6.07) is 7.98. The number of nitrogens with two attached hydrogens (primary N) is 1. The lowest BCUT2D eigenvalue weighted by Gasteiger charge is -2.45. The van der Waals surface area contributed by atoms with Crippen LogP contribution in [0.3, 0.4) is 0 Å². The number of carboxylic acids is 2. The SMILES string of the molecule is CC(F)CCCN(C1(CC(=O)O)C[NH2+]C1)S(=O)(=O)c1ccccc1.O=C([O-])C(F)(F)F. The Morgan fingerprint density at radius 1 is 1.26 bits per heavy atom. The van der Waals surface area contributed by atoms with Gasteiger partial charge >= 0.3 is 12.1 Å². The Morgan fingerprint density at radius 2 is 1.77 bits per heavy atom. The van der Waals surface area contributed by atoms with Crippen LogP contribution >= 0.6 is 0 Å². The highest BCUT2D eigenvalue weighted by Gasteiger charge is 2.53. The van der Waals surface area contributed by atoms with Gasteiger partial charge in [-0.15, -0.1) is 0 Å². The number of aliphatic carboxylic acids is 2. The molecule has 13 heteroatoms. The van der Waals surface area contributed by atoms with Crippen LogP contribution in [0.15, 0.2) is 35.2 Å². The smallest absolute Gasteiger partial charge is 0.430 e. The van der Waals surface area contributed by atoms with Crippen molar-refractivity contribution in [2.45, 2.75) is 49.0 Å². The van der Waals surface area contributed by atoms with E-state index in [-0.39, 0.29) is 24.3 Å². The molecule has 0 aliphatic carbocycles. The number of nitrogens with zero attached hydrogens (tertiary/aromatic N) is 1. The van der Waals surface area contributed by atoms with Crippen molar-refractivity contribution in [1.29, 1.82) is 0 Å². The Morgan fingerprint density at radius 3 is 2.13 bits per heavy atom. The summed E-state index contributed by atoms with van der Waals surface area (Å²) >= 11 is 0. The number of carboxylic acid groups (broad SMARTS) is 2. The highest BCUT2D eigenvalue weighted by Crippen LogP contribution is 2.29. The second-order valence-electron chi connectivity index (χ2n) is 7.09. The molecule has 1 aliphatic rings. The van der Waals surface area contributed by atoms with E-state index in [1.54, 1.807) is 18.2 Å². The lowest BCUT2D eigenvalue weighted by Crippen LogP contribution is -3.05. The van der Waals surface area contributed by atoms with Gasteiger partial charge in [0.05, 0.1) is 17.5 Å². The average Bonchev–Trinajstić information content (AvgIpc) is 2.62. The van der Waals surface area contributed by atoms with E-state index in [1.807, 2.05) is 5.32 Å². The predicted molar refractivity (Wildman–Crippen MR) is 97.8 cm³/mol. The van der Waals surface area contributed by atoms with Crippen molar-refractivity contribution in [1.82, 2.24) is 4.31 Å². The van der Waals surface area contributed by atoms with Gasteiger partial charge in [-0.05, 0) is 31.9 Å². The highest BCUT2D eigenvalue weighted by molar-refractivity contribution is 7.89. The van der Waals surface area contributed by atoms with E-state index >= 15 is 0 Å². The summed E-state index contributed by atoms with van der Waals surface area (Å²) in [5.74, 6) is -4.04. The van der Waals surface area contributed by atoms with Crippen LogP contribution in [-0.4, -0.2) is 67.3 Å². The van der Waals surface area contributed by atoms with Crippen molar-refractivity contribution in [3.05, 3.63) is 30.3 Å². The standard InChI is InChI=1S/C16H23FN2O4S.C2HF3O2/c1-13(17)6-5-9-19(16(10-15(20)21)11-18-12-16)24(22,23)14-7-3-2-4-8-14;3-2(4,5)1(6)7/h2-4,7-8,13,18H,5-6,9-12H2,1H3,(H,20,21);(H,6,7). The van der Waals surface area contributed by atoms with Gasteiger partial charge in [-0.1, -0.05) is 18.2 Å². The second-order valence-corrected chi connectivity index (χ2v) is 8.95. The fourth-order valence-electron chi connectivity index (χ4n) is 3.04. The van der Waals surface area contributed by atoms with Gasteiger partial charge in [0.2, 0.25) is 10.0 Å². The Kier molecular flexibility index (Phi) is 9.39. The minimum absolute atomic E-state index is 0.118. The number of carbonyl (C=O) groups excluding carboxylic acids is 1. The van der Waals surface area contributed by atoms with Crippen LogP contribution in [0.1, 0.15) is 26.2 Å². The molecule has 1 heterocycles. The molecule has 0 saturated carbocycles. The molecule has 176 valence electrons. The molecule has 8 nitrogen and oxygen atoms in total. The maximum Gasteiger partial charge on any atom is 0.430 e. The van der Waals surface area contributed by atoms with E-state index in [2.05, 4.69) is 0 Å².